The number of anilines is 2. The first-order valence-electron chi connectivity index (χ1n) is 9.02. The first kappa shape index (κ1) is 18.6. The van der Waals surface area contributed by atoms with E-state index in [0.717, 1.165) is 16.8 Å². The zero-order valence-electron chi connectivity index (χ0n) is 15.8. The van der Waals surface area contributed by atoms with E-state index in [0.29, 0.717) is 17.8 Å². The molecule has 1 aliphatic rings. The molecule has 1 saturated heterocycles. The Bertz CT molecular complexity index is 890. The molecule has 0 atom stereocenters. The van der Waals surface area contributed by atoms with Gasteiger partial charge in [-0.25, -0.2) is 5.01 Å². The van der Waals surface area contributed by atoms with Crippen molar-refractivity contribution in [3.63, 3.8) is 0 Å². The number of nitrogens with zero attached hydrogens (tertiary/aromatic N) is 2. The summed E-state index contributed by atoms with van der Waals surface area (Å²) in [6.07, 6.45) is 0.385. The van der Waals surface area contributed by atoms with Crippen molar-refractivity contribution in [1.82, 2.24) is 5.43 Å². The van der Waals surface area contributed by atoms with Gasteiger partial charge < -0.3 is 4.90 Å². The predicted octanol–water partition coefficient (Wildman–Crippen LogP) is 3.13. The third-order valence-electron chi connectivity index (χ3n) is 4.64. The molecule has 0 bridgehead atoms. The maximum Gasteiger partial charge on any atom is 0.258 e. The number of rotatable bonds is 4. The maximum atomic E-state index is 13.0. The predicted molar refractivity (Wildman–Crippen MR) is 105 cm³/mol. The molecule has 6 nitrogen and oxygen atoms in total. The average molecular weight is 365 g/mol. The van der Waals surface area contributed by atoms with Crippen molar-refractivity contribution in [3.8, 4) is 0 Å². The number of hydrogen-bond acceptors (Lipinski definition) is 3. The number of benzene rings is 2. The van der Waals surface area contributed by atoms with Crippen LogP contribution in [0.25, 0.3) is 0 Å². The van der Waals surface area contributed by atoms with Crippen LogP contribution in [-0.4, -0.2) is 24.3 Å². The molecule has 1 heterocycles. The summed E-state index contributed by atoms with van der Waals surface area (Å²) in [5.74, 6) is -0.465. The summed E-state index contributed by atoms with van der Waals surface area (Å²) in [5.41, 5.74) is 6.64. The van der Waals surface area contributed by atoms with Gasteiger partial charge in [0.15, 0.2) is 0 Å². The van der Waals surface area contributed by atoms with Gasteiger partial charge in [0.05, 0.1) is 5.69 Å². The van der Waals surface area contributed by atoms with Crippen LogP contribution in [0.2, 0.25) is 0 Å². The van der Waals surface area contributed by atoms with E-state index in [2.05, 4.69) is 5.43 Å². The van der Waals surface area contributed by atoms with Gasteiger partial charge >= 0.3 is 0 Å². The molecular weight excluding hydrogens is 342 g/mol. The minimum Gasteiger partial charge on any atom is -0.308 e. The summed E-state index contributed by atoms with van der Waals surface area (Å²) in [6, 6.07) is 12.7. The molecule has 140 valence electrons. The third kappa shape index (κ3) is 3.84. The summed E-state index contributed by atoms with van der Waals surface area (Å²) in [4.78, 5) is 38.3. The fourth-order valence-electron chi connectivity index (χ4n) is 3.13. The highest BCUT2D eigenvalue weighted by Gasteiger charge is 2.25. The lowest BCUT2D eigenvalue weighted by molar-refractivity contribution is -0.130. The summed E-state index contributed by atoms with van der Waals surface area (Å²) >= 11 is 0. The van der Waals surface area contributed by atoms with Gasteiger partial charge in [0.25, 0.3) is 5.91 Å². The molecule has 1 N–H and O–H groups in total. The van der Waals surface area contributed by atoms with Crippen LogP contribution in [0.5, 0.6) is 0 Å². The summed E-state index contributed by atoms with van der Waals surface area (Å²) in [5, 5.41) is 1.24. The molecule has 27 heavy (non-hydrogen) atoms. The Morgan fingerprint density at radius 1 is 1.07 bits per heavy atom. The lowest BCUT2D eigenvalue weighted by Crippen LogP contribution is -2.50. The fraction of sp³-hybridized carbons (Fsp3) is 0.286. The monoisotopic (exact) mass is 365 g/mol. The van der Waals surface area contributed by atoms with Crippen LogP contribution in [-0.2, 0) is 9.59 Å². The lowest BCUT2D eigenvalue weighted by atomic mass is 10.1. The number of amides is 3. The molecule has 6 heteroatoms. The van der Waals surface area contributed by atoms with Gasteiger partial charge in [-0.3, -0.25) is 19.8 Å². The molecule has 0 saturated carbocycles. The van der Waals surface area contributed by atoms with Crippen molar-refractivity contribution in [2.45, 2.75) is 33.6 Å². The van der Waals surface area contributed by atoms with E-state index in [9.17, 15) is 14.4 Å². The van der Waals surface area contributed by atoms with Crippen molar-refractivity contribution in [3.05, 3.63) is 59.2 Å². The summed E-state index contributed by atoms with van der Waals surface area (Å²) in [7, 11) is 0. The highest BCUT2D eigenvalue weighted by Crippen LogP contribution is 2.24. The van der Waals surface area contributed by atoms with E-state index in [1.807, 2.05) is 39.0 Å². The quantitative estimate of drug-likeness (QED) is 0.905. The van der Waals surface area contributed by atoms with Crippen molar-refractivity contribution in [1.29, 1.82) is 0 Å². The standard InChI is InChI=1S/C21H23N3O3/c1-4-23(18-13-14(2)5-6-15(18)3)21(27)16-7-9-17(10-8-16)24-20(26)12-11-19(25)22-24/h5-10,13H,4,11-12H2,1-3H3,(H,22,25). The van der Waals surface area contributed by atoms with E-state index in [1.54, 1.807) is 29.2 Å². The molecule has 0 spiro atoms. The zero-order valence-corrected chi connectivity index (χ0v) is 15.8. The minimum atomic E-state index is -0.193. The van der Waals surface area contributed by atoms with E-state index in [-0.39, 0.29) is 30.6 Å². The molecule has 1 fully saturated rings. The minimum absolute atomic E-state index is 0.105. The second-order valence-corrected chi connectivity index (χ2v) is 6.65. The lowest BCUT2D eigenvalue weighted by Gasteiger charge is -2.27. The molecule has 2 aromatic carbocycles. The maximum absolute atomic E-state index is 13.0. The topological polar surface area (TPSA) is 69.7 Å². The molecule has 3 rings (SSSR count). The second-order valence-electron chi connectivity index (χ2n) is 6.65. The van der Waals surface area contributed by atoms with Gasteiger partial charge in [0, 0.05) is 30.6 Å². The van der Waals surface area contributed by atoms with Crippen LogP contribution in [0, 0.1) is 13.8 Å². The van der Waals surface area contributed by atoms with Gasteiger partial charge in [0.2, 0.25) is 11.8 Å². The zero-order chi connectivity index (χ0) is 19.6. The van der Waals surface area contributed by atoms with E-state index >= 15 is 0 Å². The Hall–Kier alpha value is -3.15. The normalized spacial score (nSPS) is 14.1. The summed E-state index contributed by atoms with van der Waals surface area (Å²) < 4.78 is 0. The van der Waals surface area contributed by atoms with Gasteiger partial charge in [-0.1, -0.05) is 12.1 Å². The number of nitrogens with one attached hydrogen (secondary N) is 1. The molecule has 0 radical (unpaired) electrons. The molecular formula is C21H23N3O3. The number of carbonyl (C=O) groups is 3. The van der Waals surface area contributed by atoms with Gasteiger partial charge in [-0.05, 0) is 62.2 Å². The molecule has 0 aliphatic carbocycles. The van der Waals surface area contributed by atoms with Crippen LogP contribution < -0.4 is 15.3 Å². The van der Waals surface area contributed by atoms with Crippen molar-refractivity contribution in [2.24, 2.45) is 0 Å². The molecule has 0 aromatic heterocycles. The second kappa shape index (κ2) is 7.61. The molecule has 3 amide bonds. The number of hydrogen-bond donors (Lipinski definition) is 1. The first-order valence-corrected chi connectivity index (χ1v) is 9.02. The van der Waals surface area contributed by atoms with Gasteiger partial charge in [-0.2, -0.15) is 0 Å². The highest BCUT2D eigenvalue weighted by molar-refractivity contribution is 6.07. The Kier molecular flexibility index (Phi) is 5.26. The molecule has 0 unspecified atom stereocenters. The smallest absolute Gasteiger partial charge is 0.258 e. The number of hydrazine groups is 1. The highest BCUT2D eigenvalue weighted by atomic mass is 16.2. The van der Waals surface area contributed by atoms with Gasteiger partial charge in [-0.15, -0.1) is 0 Å². The van der Waals surface area contributed by atoms with Crippen LogP contribution in [0.4, 0.5) is 11.4 Å². The van der Waals surface area contributed by atoms with Crippen LogP contribution in [0.3, 0.4) is 0 Å². The van der Waals surface area contributed by atoms with Crippen molar-refractivity contribution >= 4 is 29.1 Å². The van der Waals surface area contributed by atoms with E-state index in [4.69, 9.17) is 0 Å². The summed E-state index contributed by atoms with van der Waals surface area (Å²) in [6.45, 7) is 6.47. The number of carbonyl (C=O) groups excluding carboxylic acids is 3. The number of aryl methyl sites for hydroxylation is 2. The van der Waals surface area contributed by atoms with Gasteiger partial charge in [0.1, 0.15) is 0 Å². The Labute approximate surface area is 158 Å². The average Bonchev–Trinajstić information content (AvgIpc) is 2.67. The third-order valence-corrected chi connectivity index (χ3v) is 4.64. The van der Waals surface area contributed by atoms with Crippen LogP contribution in [0.1, 0.15) is 41.3 Å². The first-order chi connectivity index (χ1) is 12.9. The van der Waals surface area contributed by atoms with Crippen molar-refractivity contribution in [2.75, 3.05) is 16.5 Å². The fourth-order valence-corrected chi connectivity index (χ4v) is 3.13. The van der Waals surface area contributed by atoms with E-state index < -0.39 is 0 Å². The van der Waals surface area contributed by atoms with Crippen molar-refractivity contribution < 1.29 is 14.4 Å². The van der Waals surface area contributed by atoms with Crippen LogP contribution in [0.15, 0.2) is 42.5 Å². The largest absolute Gasteiger partial charge is 0.308 e. The Morgan fingerprint density at radius 3 is 2.44 bits per heavy atom. The Balaban J connectivity index is 1.85. The Morgan fingerprint density at radius 2 is 1.78 bits per heavy atom. The molecule has 2 aromatic rings. The molecule has 1 aliphatic heterocycles. The van der Waals surface area contributed by atoms with E-state index in [1.165, 1.54) is 5.01 Å². The van der Waals surface area contributed by atoms with Crippen LogP contribution >= 0.6 is 0 Å². The SMILES string of the molecule is CCN(C(=O)c1ccc(N2NC(=O)CCC2=O)cc1)c1cc(C)ccc1C.